The van der Waals surface area contributed by atoms with E-state index in [9.17, 15) is 9.59 Å². The quantitative estimate of drug-likeness (QED) is 0.829. The second-order valence-electron chi connectivity index (χ2n) is 4.88. The van der Waals surface area contributed by atoms with Crippen LogP contribution in [-0.2, 0) is 4.79 Å². The third-order valence-electron chi connectivity index (χ3n) is 2.93. The summed E-state index contributed by atoms with van der Waals surface area (Å²) in [5, 5.41) is 11.7. The molecule has 1 aromatic carbocycles. The zero-order chi connectivity index (χ0) is 14.4. The van der Waals surface area contributed by atoms with Gasteiger partial charge in [0.25, 0.3) is 5.91 Å². The van der Waals surface area contributed by atoms with Gasteiger partial charge >= 0.3 is 5.97 Å². The molecular formula is C15H21NO3. The van der Waals surface area contributed by atoms with Crippen molar-refractivity contribution in [2.45, 2.75) is 46.1 Å². The van der Waals surface area contributed by atoms with Gasteiger partial charge in [-0.1, -0.05) is 37.0 Å². The topological polar surface area (TPSA) is 66.4 Å². The van der Waals surface area contributed by atoms with Gasteiger partial charge in [-0.3, -0.25) is 4.79 Å². The predicted molar refractivity (Wildman–Crippen MR) is 74.3 cm³/mol. The van der Waals surface area contributed by atoms with E-state index in [0.717, 1.165) is 24.0 Å². The van der Waals surface area contributed by atoms with E-state index in [1.54, 1.807) is 12.1 Å². The number of carboxylic acids is 1. The van der Waals surface area contributed by atoms with Gasteiger partial charge in [-0.15, -0.1) is 0 Å². The molecular weight excluding hydrogens is 242 g/mol. The maximum absolute atomic E-state index is 12.1. The van der Waals surface area contributed by atoms with Crippen LogP contribution in [0.3, 0.4) is 0 Å². The maximum Gasteiger partial charge on any atom is 0.326 e. The fourth-order valence-corrected chi connectivity index (χ4v) is 2.01. The molecule has 104 valence electrons. The first kappa shape index (κ1) is 15.2. The summed E-state index contributed by atoms with van der Waals surface area (Å²) >= 11 is 0. The highest BCUT2D eigenvalue weighted by atomic mass is 16.4. The van der Waals surface area contributed by atoms with Gasteiger partial charge in [0, 0.05) is 5.56 Å². The lowest BCUT2D eigenvalue weighted by molar-refractivity contribution is -0.139. The van der Waals surface area contributed by atoms with Crippen LogP contribution in [0.25, 0.3) is 0 Å². The van der Waals surface area contributed by atoms with Crippen molar-refractivity contribution >= 4 is 11.9 Å². The molecule has 0 aliphatic carbocycles. The molecule has 4 heteroatoms. The molecule has 0 saturated carbocycles. The highest BCUT2D eigenvalue weighted by Gasteiger charge is 2.20. The van der Waals surface area contributed by atoms with E-state index in [1.165, 1.54) is 0 Å². The minimum absolute atomic E-state index is 0.324. The molecule has 1 amide bonds. The summed E-state index contributed by atoms with van der Waals surface area (Å²) in [5.41, 5.74) is 2.50. The van der Waals surface area contributed by atoms with Crippen molar-refractivity contribution in [3.8, 4) is 0 Å². The summed E-state index contributed by atoms with van der Waals surface area (Å²) in [7, 11) is 0. The molecule has 0 spiro atoms. The van der Waals surface area contributed by atoms with Gasteiger partial charge < -0.3 is 10.4 Å². The first-order valence-corrected chi connectivity index (χ1v) is 6.56. The zero-order valence-electron chi connectivity index (χ0n) is 11.7. The lowest BCUT2D eigenvalue weighted by Crippen LogP contribution is -2.40. The smallest absolute Gasteiger partial charge is 0.326 e. The Morgan fingerprint density at radius 2 is 1.79 bits per heavy atom. The van der Waals surface area contributed by atoms with E-state index in [0.29, 0.717) is 12.0 Å². The summed E-state index contributed by atoms with van der Waals surface area (Å²) < 4.78 is 0. The van der Waals surface area contributed by atoms with Crippen LogP contribution in [0.15, 0.2) is 18.2 Å². The maximum atomic E-state index is 12.1. The molecule has 2 N–H and O–H groups in total. The molecule has 1 aromatic rings. The molecule has 0 bridgehead atoms. The van der Waals surface area contributed by atoms with Crippen LogP contribution in [0.5, 0.6) is 0 Å². The van der Waals surface area contributed by atoms with Gasteiger partial charge in [-0.25, -0.2) is 4.79 Å². The highest BCUT2D eigenvalue weighted by Crippen LogP contribution is 2.10. The van der Waals surface area contributed by atoms with Crippen molar-refractivity contribution in [3.63, 3.8) is 0 Å². The number of carboxylic acid groups (broad SMARTS) is 1. The van der Waals surface area contributed by atoms with Crippen molar-refractivity contribution in [3.05, 3.63) is 34.9 Å². The normalized spacial score (nSPS) is 11.9. The van der Waals surface area contributed by atoms with Gasteiger partial charge in [0.1, 0.15) is 6.04 Å². The Hall–Kier alpha value is -1.84. The summed E-state index contributed by atoms with van der Waals surface area (Å²) in [6, 6.07) is 4.69. The summed E-state index contributed by atoms with van der Waals surface area (Å²) in [6.45, 7) is 5.82. The standard InChI is InChI=1S/C15H21NO3/c1-4-5-6-13(15(18)19)16-14(17)12-8-10(2)7-11(3)9-12/h7-9,13H,4-6H2,1-3H3,(H,16,17)(H,18,19). The predicted octanol–water partition coefficient (Wildman–Crippen LogP) is 2.68. The van der Waals surface area contributed by atoms with E-state index in [-0.39, 0.29) is 5.91 Å². The number of aryl methyl sites for hydroxylation is 2. The molecule has 0 aromatic heterocycles. The van der Waals surface area contributed by atoms with Crippen molar-refractivity contribution in [1.29, 1.82) is 0 Å². The Labute approximate surface area is 113 Å². The first-order chi connectivity index (χ1) is 8.93. The molecule has 4 nitrogen and oxygen atoms in total. The highest BCUT2D eigenvalue weighted by molar-refractivity contribution is 5.96. The lowest BCUT2D eigenvalue weighted by Gasteiger charge is -2.14. The first-order valence-electron chi connectivity index (χ1n) is 6.56. The third kappa shape index (κ3) is 4.73. The van der Waals surface area contributed by atoms with E-state index >= 15 is 0 Å². The number of amides is 1. The number of rotatable bonds is 6. The Bertz CT molecular complexity index is 448. The van der Waals surface area contributed by atoms with Crippen molar-refractivity contribution in [1.82, 2.24) is 5.32 Å². The molecule has 0 aliphatic heterocycles. The average Bonchev–Trinajstić information content (AvgIpc) is 2.32. The van der Waals surface area contributed by atoms with E-state index < -0.39 is 12.0 Å². The SMILES string of the molecule is CCCCC(NC(=O)c1cc(C)cc(C)c1)C(=O)O. The number of nitrogens with one attached hydrogen (secondary N) is 1. The Kier molecular flexibility index (Phi) is 5.55. The summed E-state index contributed by atoms with van der Waals surface area (Å²) in [5.74, 6) is -1.30. The molecule has 1 rings (SSSR count). The fraction of sp³-hybridized carbons (Fsp3) is 0.467. The van der Waals surface area contributed by atoms with Crippen molar-refractivity contribution < 1.29 is 14.7 Å². The van der Waals surface area contributed by atoms with Crippen molar-refractivity contribution in [2.24, 2.45) is 0 Å². The zero-order valence-corrected chi connectivity index (χ0v) is 11.7. The van der Waals surface area contributed by atoms with Crippen molar-refractivity contribution in [2.75, 3.05) is 0 Å². The Morgan fingerprint density at radius 1 is 1.21 bits per heavy atom. The summed E-state index contributed by atoms with van der Waals surface area (Å²) in [4.78, 5) is 23.1. The Balaban J connectivity index is 2.78. The third-order valence-corrected chi connectivity index (χ3v) is 2.93. The second kappa shape index (κ2) is 6.92. The number of aliphatic carboxylic acids is 1. The summed E-state index contributed by atoms with van der Waals surface area (Å²) in [6.07, 6.45) is 2.15. The van der Waals surface area contributed by atoms with Crippen LogP contribution < -0.4 is 5.32 Å². The minimum atomic E-state index is -0.980. The number of benzene rings is 1. The molecule has 0 heterocycles. The van der Waals surface area contributed by atoms with E-state index in [2.05, 4.69) is 5.32 Å². The Morgan fingerprint density at radius 3 is 2.26 bits per heavy atom. The second-order valence-corrected chi connectivity index (χ2v) is 4.88. The number of hydrogen-bond donors (Lipinski definition) is 2. The molecule has 0 aliphatic rings. The van der Waals surface area contributed by atoms with Crippen LogP contribution in [0, 0.1) is 13.8 Å². The van der Waals surface area contributed by atoms with Crippen LogP contribution in [0.2, 0.25) is 0 Å². The van der Waals surface area contributed by atoms with Crippen LogP contribution in [-0.4, -0.2) is 23.0 Å². The monoisotopic (exact) mass is 263 g/mol. The van der Waals surface area contributed by atoms with Crippen LogP contribution >= 0.6 is 0 Å². The number of hydrogen-bond acceptors (Lipinski definition) is 2. The fourth-order valence-electron chi connectivity index (χ4n) is 2.01. The largest absolute Gasteiger partial charge is 0.480 e. The molecule has 1 atom stereocenters. The van der Waals surface area contributed by atoms with Gasteiger partial charge in [-0.2, -0.15) is 0 Å². The van der Waals surface area contributed by atoms with Crippen LogP contribution in [0.4, 0.5) is 0 Å². The van der Waals surface area contributed by atoms with E-state index in [4.69, 9.17) is 5.11 Å². The van der Waals surface area contributed by atoms with E-state index in [1.807, 2.05) is 26.8 Å². The minimum Gasteiger partial charge on any atom is -0.480 e. The molecule has 0 fully saturated rings. The lowest BCUT2D eigenvalue weighted by atomic mass is 10.1. The molecule has 0 saturated heterocycles. The van der Waals surface area contributed by atoms with Gasteiger partial charge in [0.05, 0.1) is 0 Å². The number of carbonyl (C=O) groups excluding carboxylic acids is 1. The number of carbonyl (C=O) groups is 2. The molecule has 1 unspecified atom stereocenters. The molecule has 0 radical (unpaired) electrons. The van der Waals surface area contributed by atoms with Gasteiger partial charge in [0.15, 0.2) is 0 Å². The van der Waals surface area contributed by atoms with Crippen LogP contribution in [0.1, 0.15) is 47.7 Å². The number of unbranched alkanes of at least 4 members (excludes halogenated alkanes) is 1. The van der Waals surface area contributed by atoms with Gasteiger partial charge in [0.2, 0.25) is 0 Å². The van der Waals surface area contributed by atoms with Gasteiger partial charge in [-0.05, 0) is 32.4 Å². The average molecular weight is 263 g/mol. The molecule has 19 heavy (non-hydrogen) atoms.